The molecule has 3 nitrogen and oxygen atoms in total. The molecule has 0 saturated carbocycles. The second kappa shape index (κ2) is 5.70. The van der Waals surface area contributed by atoms with Crippen molar-refractivity contribution in [2.75, 3.05) is 11.9 Å². The molecule has 3 rings (SSSR count). The number of aromatic nitrogens is 2. The summed E-state index contributed by atoms with van der Waals surface area (Å²) in [5.41, 5.74) is 4.62. The Morgan fingerprint density at radius 2 is 1.95 bits per heavy atom. The third kappa shape index (κ3) is 2.77. The minimum Gasteiger partial charge on any atom is -0.383 e. The lowest BCUT2D eigenvalue weighted by Gasteiger charge is -2.09. The Bertz CT molecular complexity index is 717. The minimum atomic E-state index is 0.888. The molecule has 0 saturated heterocycles. The number of benzene rings is 2. The van der Waals surface area contributed by atoms with E-state index in [0.717, 1.165) is 29.6 Å². The Kier molecular flexibility index (Phi) is 3.59. The standard InChI is InChI=1S/C17H17N3/c1-13-5-4-6-14(11-13)9-10-18-17-12-19-20-16-8-3-2-7-15(16)17/h2-8,11-12H,9-10H2,1H3,(H,18,20). The van der Waals surface area contributed by atoms with Crippen LogP contribution in [0.4, 0.5) is 5.69 Å². The molecule has 0 fully saturated rings. The number of nitrogens with one attached hydrogen (secondary N) is 1. The van der Waals surface area contributed by atoms with E-state index in [4.69, 9.17) is 0 Å². The summed E-state index contributed by atoms with van der Waals surface area (Å²) in [7, 11) is 0. The molecule has 3 heteroatoms. The number of hydrogen-bond donors (Lipinski definition) is 1. The van der Waals surface area contributed by atoms with Gasteiger partial charge in [-0.1, -0.05) is 48.0 Å². The second-order valence-corrected chi connectivity index (χ2v) is 4.94. The molecular weight excluding hydrogens is 246 g/mol. The van der Waals surface area contributed by atoms with Gasteiger partial charge in [-0.15, -0.1) is 0 Å². The average molecular weight is 263 g/mol. The van der Waals surface area contributed by atoms with Crippen molar-refractivity contribution < 1.29 is 0 Å². The second-order valence-electron chi connectivity index (χ2n) is 4.94. The van der Waals surface area contributed by atoms with Crippen molar-refractivity contribution in [3.63, 3.8) is 0 Å². The Morgan fingerprint density at radius 3 is 2.85 bits per heavy atom. The van der Waals surface area contributed by atoms with E-state index >= 15 is 0 Å². The van der Waals surface area contributed by atoms with Crippen LogP contribution in [0.1, 0.15) is 11.1 Å². The predicted molar refractivity (Wildman–Crippen MR) is 82.9 cm³/mol. The molecule has 3 aromatic rings. The van der Waals surface area contributed by atoms with Gasteiger partial charge in [-0.2, -0.15) is 10.2 Å². The van der Waals surface area contributed by atoms with Crippen LogP contribution < -0.4 is 5.32 Å². The summed E-state index contributed by atoms with van der Waals surface area (Å²) in [6.07, 6.45) is 2.79. The number of rotatable bonds is 4. The van der Waals surface area contributed by atoms with E-state index in [0.29, 0.717) is 0 Å². The molecule has 0 aliphatic heterocycles. The van der Waals surface area contributed by atoms with Crippen molar-refractivity contribution in [2.24, 2.45) is 0 Å². The third-order valence-corrected chi connectivity index (χ3v) is 3.36. The highest BCUT2D eigenvalue weighted by Gasteiger charge is 2.01. The van der Waals surface area contributed by atoms with Gasteiger partial charge in [0.15, 0.2) is 0 Å². The zero-order chi connectivity index (χ0) is 13.8. The van der Waals surface area contributed by atoms with Crippen molar-refractivity contribution in [3.8, 4) is 0 Å². The van der Waals surface area contributed by atoms with E-state index in [1.165, 1.54) is 11.1 Å². The van der Waals surface area contributed by atoms with Crippen LogP contribution in [0.3, 0.4) is 0 Å². The lowest BCUT2D eigenvalue weighted by molar-refractivity contribution is 1.01. The van der Waals surface area contributed by atoms with E-state index in [9.17, 15) is 0 Å². The van der Waals surface area contributed by atoms with Gasteiger partial charge in [0, 0.05) is 11.9 Å². The monoisotopic (exact) mass is 263 g/mol. The summed E-state index contributed by atoms with van der Waals surface area (Å²) in [4.78, 5) is 0. The summed E-state index contributed by atoms with van der Waals surface area (Å²) in [6.45, 7) is 3.01. The first-order chi connectivity index (χ1) is 9.83. The molecule has 0 radical (unpaired) electrons. The van der Waals surface area contributed by atoms with Crippen LogP contribution >= 0.6 is 0 Å². The Hall–Kier alpha value is -2.42. The molecule has 100 valence electrons. The summed E-state index contributed by atoms with van der Waals surface area (Å²) in [5, 5.41) is 12.7. The molecule has 0 spiro atoms. The summed E-state index contributed by atoms with van der Waals surface area (Å²) >= 11 is 0. The van der Waals surface area contributed by atoms with Gasteiger partial charge in [0.25, 0.3) is 0 Å². The van der Waals surface area contributed by atoms with Gasteiger partial charge in [0.2, 0.25) is 0 Å². The summed E-state index contributed by atoms with van der Waals surface area (Å²) in [6, 6.07) is 16.7. The van der Waals surface area contributed by atoms with E-state index < -0.39 is 0 Å². The van der Waals surface area contributed by atoms with Gasteiger partial charge in [0.05, 0.1) is 17.4 Å². The maximum Gasteiger partial charge on any atom is 0.0950 e. The summed E-state index contributed by atoms with van der Waals surface area (Å²) < 4.78 is 0. The first kappa shape index (κ1) is 12.6. The molecule has 1 aromatic heterocycles. The van der Waals surface area contributed by atoms with Gasteiger partial charge in [-0.3, -0.25) is 0 Å². The van der Waals surface area contributed by atoms with Crippen LogP contribution in [0.5, 0.6) is 0 Å². The molecule has 1 heterocycles. The lowest BCUT2D eigenvalue weighted by atomic mass is 10.1. The van der Waals surface area contributed by atoms with E-state index in [1.807, 2.05) is 18.2 Å². The molecule has 0 aliphatic carbocycles. The number of hydrogen-bond acceptors (Lipinski definition) is 3. The normalized spacial score (nSPS) is 10.7. The van der Waals surface area contributed by atoms with Gasteiger partial charge in [-0.25, -0.2) is 0 Å². The molecule has 0 bridgehead atoms. The number of nitrogens with zero attached hydrogens (tertiary/aromatic N) is 2. The number of fused-ring (bicyclic) bond motifs is 1. The SMILES string of the molecule is Cc1cccc(CCNc2cnnc3ccccc23)c1. The number of anilines is 1. The first-order valence-corrected chi connectivity index (χ1v) is 6.83. The molecule has 0 amide bonds. The molecule has 0 unspecified atom stereocenters. The fourth-order valence-corrected chi connectivity index (χ4v) is 2.36. The Labute approximate surface area is 118 Å². The average Bonchev–Trinajstić information content (AvgIpc) is 2.48. The van der Waals surface area contributed by atoms with Crippen LogP contribution in [0.25, 0.3) is 10.9 Å². The maximum atomic E-state index is 4.13. The highest BCUT2D eigenvalue weighted by atomic mass is 15.1. The lowest BCUT2D eigenvalue weighted by Crippen LogP contribution is -2.06. The van der Waals surface area contributed by atoms with Gasteiger partial charge < -0.3 is 5.32 Å². The molecule has 2 aromatic carbocycles. The zero-order valence-corrected chi connectivity index (χ0v) is 11.5. The van der Waals surface area contributed by atoms with Gasteiger partial charge in [-0.05, 0) is 25.0 Å². The van der Waals surface area contributed by atoms with Crippen LogP contribution in [-0.4, -0.2) is 16.7 Å². The first-order valence-electron chi connectivity index (χ1n) is 6.83. The van der Waals surface area contributed by atoms with E-state index in [2.05, 4.69) is 52.8 Å². The highest BCUT2D eigenvalue weighted by Crippen LogP contribution is 2.19. The maximum absolute atomic E-state index is 4.13. The Morgan fingerprint density at radius 1 is 1.05 bits per heavy atom. The van der Waals surface area contributed by atoms with E-state index in [1.54, 1.807) is 6.20 Å². The van der Waals surface area contributed by atoms with Crippen molar-refractivity contribution in [3.05, 3.63) is 65.9 Å². The Balaban J connectivity index is 1.71. The fourth-order valence-electron chi connectivity index (χ4n) is 2.36. The molecule has 0 aliphatic rings. The van der Waals surface area contributed by atoms with Crippen LogP contribution in [0.2, 0.25) is 0 Å². The van der Waals surface area contributed by atoms with Crippen LogP contribution in [0.15, 0.2) is 54.7 Å². The summed E-state index contributed by atoms with van der Waals surface area (Å²) in [5.74, 6) is 0. The minimum absolute atomic E-state index is 0.888. The van der Waals surface area contributed by atoms with Crippen molar-refractivity contribution in [2.45, 2.75) is 13.3 Å². The molecule has 0 atom stereocenters. The topological polar surface area (TPSA) is 37.8 Å². The van der Waals surface area contributed by atoms with Gasteiger partial charge >= 0.3 is 0 Å². The predicted octanol–water partition coefficient (Wildman–Crippen LogP) is 3.59. The molecule has 1 N–H and O–H groups in total. The third-order valence-electron chi connectivity index (χ3n) is 3.36. The smallest absolute Gasteiger partial charge is 0.0950 e. The van der Waals surface area contributed by atoms with Crippen molar-refractivity contribution in [1.82, 2.24) is 10.2 Å². The quantitative estimate of drug-likeness (QED) is 0.781. The van der Waals surface area contributed by atoms with Crippen molar-refractivity contribution in [1.29, 1.82) is 0 Å². The number of aryl methyl sites for hydroxylation is 1. The highest BCUT2D eigenvalue weighted by molar-refractivity contribution is 5.90. The zero-order valence-electron chi connectivity index (χ0n) is 11.5. The fraction of sp³-hybridized carbons (Fsp3) is 0.176. The molecule has 20 heavy (non-hydrogen) atoms. The van der Waals surface area contributed by atoms with Crippen LogP contribution in [0, 0.1) is 6.92 Å². The largest absolute Gasteiger partial charge is 0.383 e. The van der Waals surface area contributed by atoms with Gasteiger partial charge in [0.1, 0.15) is 0 Å². The van der Waals surface area contributed by atoms with Crippen molar-refractivity contribution >= 4 is 16.6 Å². The molecular formula is C17H17N3. The van der Waals surface area contributed by atoms with E-state index in [-0.39, 0.29) is 0 Å². The van der Waals surface area contributed by atoms with Crippen LogP contribution in [-0.2, 0) is 6.42 Å².